The summed E-state index contributed by atoms with van der Waals surface area (Å²) in [6, 6.07) is 5.36. The molecule has 0 atom stereocenters. The topological polar surface area (TPSA) is 79.0 Å². The Morgan fingerprint density at radius 1 is 1.41 bits per heavy atom. The van der Waals surface area contributed by atoms with Crippen LogP contribution in [0, 0.1) is 5.82 Å². The molecule has 88 valence electrons. The molecule has 17 heavy (non-hydrogen) atoms. The van der Waals surface area contributed by atoms with E-state index >= 15 is 0 Å². The lowest BCUT2D eigenvalue weighted by molar-refractivity contribution is -0.750. The molecule has 0 aliphatic heterocycles. The van der Waals surface area contributed by atoms with Crippen LogP contribution in [0.5, 0.6) is 0 Å². The standard InChI is InChI=1S/C10H8FN3O3/c11-7-1-3-8(4-2-7)12-9(15)5-14-6-10(16)17-13-14/h1-4,6H,5H2,(H-,12,13,15,16)/p+1. The molecule has 0 fully saturated rings. The second-order valence-corrected chi connectivity index (χ2v) is 3.32. The van der Waals surface area contributed by atoms with Crippen molar-refractivity contribution in [2.75, 3.05) is 5.32 Å². The fraction of sp³-hybridized carbons (Fsp3) is 0.100. The number of carbonyl (C=O) groups excluding carboxylic acids is 1. The van der Waals surface area contributed by atoms with E-state index in [-0.39, 0.29) is 18.3 Å². The second-order valence-electron chi connectivity index (χ2n) is 3.32. The maximum atomic E-state index is 12.6. The molecule has 0 saturated heterocycles. The monoisotopic (exact) mass is 238 g/mol. The van der Waals surface area contributed by atoms with Crippen LogP contribution in [-0.4, -0.2) is 11.2 Å². The van der Waals surface area contributed by atoms with E-state index in [1.54, 1.807) is 0 Å². The molecule has 0 aliphatic carbocycles. The molecule has 0 saturated carbocycles. The minimum absolute atomic E-state index is 0.0941. The number of halogens is 1. The van der Waals surface area contributed by atoms with E-state index in [9.17, 15) is 14.0 Å². The molecule has 7 heteroatoms. The molecule has 2 N–H and O–H groups in total. The minimum atomic E-state index is -0.570. The molecule has 0 bridgehead atoms. The molecule has 6 nitrogen and oxygen atoms in total. The van der Waals surface area contributed by atoms with Gasteiger partial charge in [0.1, 0.15) is 5.82 Å². The van der Waals surface area contributed by atoms with E-state index in [1.165, 1.54) is 28.9 Å². The van der Waals surface area contributed by atoms with E-state index in [4.69, 9.17) is 0 Å². The average molecular weight is 238 g/mol. The largest absolute Gasteiger partial charge is 0.426 e. The molecule has 1 aromatic heterocycles. The lowest BCUT2D eigenvalue weighted by Gasteiger charge is -2.00. The van der Waals surface area contributed by atoms with Gasteiger partial charge in [0.15, 0.2) is 0 Å². The Hall–Kier alpha value is -2.44. The fourth-order valence-electron chi connectivity index (χ4n) is 1.25. The van der Waals surface area contributed by atoms with Crippen LogP contribution in [0.25, 0.3) is 0 Å². The van der Waals surface area contributed by atoms with Crippen molar-refractivity contribution in [3.8, 4) is 0 Å². The number of hydrogen-bond donors (Lipinski definition) is 2. The predicted molar refractivity (Wildman–Crippen MR) is 54.6 cm³/mol. The zero-order valence-corrected chi connectivity index (χ0v) is 8.64. The van der Waals surface area contributed by atoms with Crippen LogP contribution in [0.15, 0.2) is 39.8 Å². The van der Waals surface area contributed by atoms with Crippen LogP contribution in [0.1, 0.15) is 0 Å². The van der Waals surface area contributed by atoms with Gasteiger partial charge in [0.2, 0.25) is 0 Å². The van der Waals surface area contributed by atoms with Gasteiger partial charge >= 0.3 is 5.63 Å². The number of anilines is 1. The molecule has 0 unspecified atom stereocenters. The van der Waals surface area contributed by atoms with E-state index in [0.717, 1.165) is 6.20 Å². The number of carbonyl (C=O) groups is 1. The number of H-pyrrole nitrogens is 1. The summed E-state index contributed by atoms with van der Waals surface area (Å²) in [6.07, 6.45) is 1.12. The first kappa shape index (κ1) is 11.1. The summed E-state index contributed by atoms with van der Waals surface area (Å²) in [5.41, 5.74) is -0.0950. The molecule has 1 aromatic carbocycles. The highest BCUT2D eigenvalue weighted by atomic mass is 19.1. The highest BCUT2D eigenvalue weighted by molar-refractivity contribution is 5.89. The number of nitrogens with one attached hydrogen (secondary N) is 2. The Kier molecular flexibility index (Phi) is 2.99. The maximum absolute atomic E-state index is 12.6. The minimum Gasteiger partial charge on any atom is -0.321 e. The Balaban J connectivity index is 1.97. The summed E-state index contributed by atoms with van der Waals surface area (Å²) in [6.45, 7) is -0.0941. The lowest BCUT2D eigenvalue weighted by atomic mass is 10.3. The first-order valence-corrected chi connectivity index (χ1v) is 4.77. The maximum Gasteiger partial charge on any atom is 0.426 e. The van der Waals surface area contributed by atoms with Gasteiger partial charge in [-0.2, -0.15) is 0 Å². The van der Waals surface area contributed by atoms with Gasteiger partial charge in [-0.3, -0.25) is 9.32 Å². The van der Waals surface area contributed by atoms with Gasteiger partial charge in [0.25, 0.3) is 18.6 Å². The van der Waals surface area contributed by atoms with Crippen molar-refractivity contribution in [1.29, 1.82) is 0 Å². The van der Waals surface area contributed by atoms with Crippen LogP contribution in [0.2, 0.25) is 0 Å². The van der Waals surface area contributed by atoms with Gasteiger partial charge in [-0.15, -0.1) is 0 Å². The van der Waals surface area contributed by atoms with Gasteiger partial charge in [0, 0.05) is 5.69 Å². The number of hydrogen-bond acceptors (Lipinski definition) is 3. The first-order valence-electron chi connectivity index (χ1n) is 4.77. The smallest absolute Gasteiger partial charge is 0.321 e. The Morgan fingerprint density at radius 3 is 2.71 bits per heavy atom. The van der Waals surface area contributed by atoms with E-state index in [2.05, 4.69) is 15.1 Å². The number of nitrogens with zero attached hydrogens (tertiary/aromatic N) is 1. The molecule has 2 aromatic rings. The van der Waals surface area contributed by atoms with Crippen molar-refractivity contribution in [1.82, 2.24) is 5.27 Å². The van der Waals surface area contributed by atoms with Crippen LogP contribution in [0.4, 0.5) is 10.1 Å². The van der Waals surface area contributed by atoms with Crippen molar-refractivity contribution in [3.05, 3.63) is 46.7 Å². The van der Waals surface area contributed by atoms with Crippen LogP contribution in [0.3, 0.4) is 0 Å². The lowest BCUT2D eigenvalue weighted by Crippen LogP contribution is -2.41. The number of aromatic nitrogens is 2. The highest BCUT2D eigenvalue weighted by Gasteiger charge is 2.12. The second kappa shape index (κ2) is 4.60. The van der Waals surface area contributed by atoms with E-state index < -0.39 is 5.63 Å². The normalized spacial score (nSPS) is 10.2. The molecule has 0 aliphatic rings. The third-order valence-electron chi connectivity index (χ3n) is 1.97. The van der Waals surface area contributed by atoms with Gasteiger partial charge in [0.05, 0.1) is 0 Å². The van der Waals surface area contributed by atoms with Gasteiger partial charge in [-0.25, -0.2) is 9.18 Å². The van der Waals surface area contributed by atoms with Crippen LogP contribution >= 0.6 is 0 Å². The summed E-state index contributed by atoms with van der Waals surface area (Å²) < 4.78 is 18.2. The van der Waals surface area contributed by atoms with E-state index in [1.807, 2.05) is 0 Å². The number of amides is 1. The summed E-state index contributed by atoms with van der Waals surface area (Å²) >= 11 is 0. The third-order valence-corrected chi connectivity index (χ3v) is 1.97. The predicted octanol–water partition coefficient (Wildman–Crippen LogP) is 0.0332. The summed E-state index contributed by atoms with van der Waals surface area (Å²) in [7, 11) is 0. The number of rotatable bonds is 3. The van der Waals surface area contributed by atoms with Crippen LogP contribution in [-0.2, 0) is 11.3 Å². The van der Waals surface area contributed by atoms with Crippen molar-refractivity contribution in [2.45, 2.75) is 6.54 Å². The highest BCUT2D eigenvalue weighted by Crippen LogP contribution is 2.07. The molecule has 0 spiro atoms. The Labute approximate surface area is 94.6 Å². The number of benzene rings is 1. The quantitative estimate of drug-likeness (QED) is 0.740. The molecule has 1 heterocycles. The summed E-state index contributed by atoms with van der Waals surface area (Å²) in [5.74, 6) is -0.741. The molecule has 0 radical (unpaired) electrons. The zero-order chi connectivity index (χ0) is 12.3. The number of aromatic amines is 1. The van der Waals surface area contributed by atoms with Gasteiger partial charge in [-0.1, -0.05) is 4.68 Å². The zero-order valence-electron chi connectivity index (χ0n) is 8.64. The summed E-state index contributed by atoms with van der Waals surface area (Å²) in [4.78, 5) is 22.2. The summed E-state index contributed by atoms with van der Waals surface area (Å²) in [5, 5.41) is 4.78. The Bertz CT molecular complexity index is 573. The molecule has 2 rings (SSSR count). The molecular formula is C10H9FN3O3+. The SMILES string of the molecule is O=C(C[n+]1cc(=O)o[nH]1)Nc1ccc(F)cc1. The molecular weight excluding hydrogens is 229 g/mol. The fourth-order valence-corrected chi connectivity index (χ4v) is 1.25. The third kappa shape index (κ3) is 3.00. The average Bonchev–Trinajstić information content (AvgIpc) is 2.67. The van der Waals surface area contributed by atoms with Crippen molar-refractivity contribution >= 4 is 11.6 Å². The molecule has 1 amide bonds. The van der Waals surface area contributed by atoms with Crippen molar-refractivity contribution < 1.29 is 18.4 Å². The van der Waals surface area contributed by atoms with Crippen molar-refractivity contribution in [2.24, 2.45) is 0 Å². The van der Waals surface area contributed by atoms with Crippen LogP contribution < -0.4 is 15.6 Å². The Morgan fingerprint density at radius 2 is 2.12 bits per heavy atom. The van der Waals surface area contributed by atoms with Crippen molar-refractivity contribution in [3.63, 3.8) is 0 Å². The van der Waals surface area contributed by atoms with Gasteiger partial charge in [-0.05, 0) is 29.5 Å². The van der Waals surface area contributed by atoms with Gasteiger partial charge < -0.3 is 5.32 Å². The van der Waals surface area contributed by atoms with E-state index in [0.29, 0.717) is 5.69 Å². The first-order chi connectivity index (χ1) is 8.13.